The van der Waals surface area contributed by atoms with Crippen molar-refractivity contribution < 1.29 is 19.4 Å². The second-order valence-corrected chi connectivity index (χ2v) is 4.82. The van der Waals surface area contributed by atoms with Gasteiger partial charge in [0.15, 0.2) is 11.9 Å². The molecular weight excluding hydrogens is 280 g/mol. The van der Waals surface area contributed by atoms with E-state index in [1.165, 1.54) is 0 Å². The number of Topliss-reactive ketones (excluding diaryl/α,β-unsaturated/α-hetero) is 1. The van der Waals surface area contributed by atoms with Crippen LogP contribution in [0, 0.1) is 0 Å². The first kappa shape index (κ1) is 15.9. The van der Waals surface area contributed by atoms with Crippen LogP contribution in [-0.2, 0) is 9.53 Å². The smallest absolute Gasteiger partial charge is 0.336 e. The van der Waals surface area contributed by atoms with E-state index in [0.717, 1.165) is 0 Å². The number of aliphatic hydroxyl groups excluding tert-OH is 1. The number of esters is 1. The number of aliphatic hydroxyl groups is 1. The largest absolute Gasteiger partial charge is 0.464 e. The number of benzene rings is 2. The van der Waals surface area contributed by atoms with Crippen LogP contribution in [0.25, 0.3) is 0 Å². The second kappa shape index (κ2) is 7.52. The van der Waals surface area contributed by atoms with Crippen molar-refractivity contribution in [3.63, 3.8) is 0 Å². The lowest BCUT2D eigenvalue weighted by Gasteiger charge is -2.21. The van der Waals surface area contributed by atoms with Crippen molar-refractivity contribution in [2.45, 2.75) is 18.9 Å². The van der Waals surface area contributed by atoms with Crippen LogP contribution in [0.4, 0.5) is 0 Å². The van der Waals surface area contributed by atoms with Gasteiger partial charge in [-0.15, -0.1) is 0 Å². The molecule has 2 aromatic rings. The summed E-state index contributed by atoms with van der Waals surface area (Å²) in [7, 11) is 0. The van der Waals surface area contributed by atoms with Gasteiger partial charge < -0.3 is 9.84 Å². The molecule has 2 aromatic carbocycles. The van der Waals surface area contributed by atoms with E-state index >= 15 is 0 Å². The third kappa shape index (κ3) is 3.59. The molecule has 0 spiro atoms. The SMILES string of the molecule is CCOC(=O)C(O)C(C(=O)c1ccccc1)c1ccccc1. The predicted octanol–water partition coefficient (Wildman–Crippen LogP) is 2.58. The highest BCUT2D eigenvalue weighted by atomic mass is 16.5. The number of carbonyl (C=O) groups is 2. The normalized spacial score (nSPS) is 13.2. The van der Waals surface area contributed by atoms with Gasteiger partial charge in [0.1, 0.15) is 0 Å². The lowest BCUT2D eigenvalue weighted by Crippen LogP contribution is -2.34. The molecule has 2 atom stereocenters. The first-order valence-electron chi connectivity index (χ1n) is 7.14. The molecule has 2 rings (SSSR count). The van der Waals surface area contributed by atoms with Crippen molar-refractivity contribution in [2.24, 2.45) is 0 Å². The average molecular weight is 298 g/mol. The van der Waals surface area contributed by atoms with Gasteiger partial charge in [0, 0.05) is 5.56 Å². The number of hydrogen-bond acceptors (Lipinski definition) is 4. The van der Waals surface area contributed by atoms with Crippen LogP contribution in [-0.4, -0.2) is 29.6 Å². The van der Waals surface area contributed by atoms with Crippen molar-refractivity contribution in [3.05, 3.63) is 71.8 Å². The van der Waals surface area contributed by atoms with E-state index in [1.54, 1.807) is 61.5 Å². The molecule has 4 nitrogen and oxygen atoms in total. The van der Waals surface area contributed by atoms with Crippen LogP contribution >= 0.6 is 0 Å². The topological polar surface area (TPSA) is 63.6 Å². The molecule has 0 aliphatic carbocycles. The number of hydrogen-bond donors (Lipinski definition) is 1. The predicted molar refractivity (Wildman–Crippen MR) is 82.6 cm³/mol. The summed E-state index contributed by atoms with van der Waals surface area (Å²) in [6.07, 6.45) is -1.53. The van der Waals surface area contributed by atoms with Gasteiger partial charge in [-0.25, -0.2) is 4.79 Å². The quantitative estimate of drug-likeness (QED) is 0.657. The maximum absolute atomic E-state index is 12.7. The first-order valence-corrected chi connectivity index (χ1v) is 7.14. The van der Waals surface area contributed by atoms with Crippen LogP contribution in [0.1, 0.15) is 28.8 Å². The Bertz CT molecular complexity index is 622. The van der Waals surface area contributed by atoms with Crippen LogP contribution in [0.15, 0.2) is 60.7 Å². The molecule has 0 heterocycles. The van der Waals surface area contributed by atoms with Gasteiger partial charge in [-0.2, -0.15) is 0 Å². The Hall–Kier alpha value is -2.46. The van der Waals surface area contributed by atoms with Crippen LogP contribution in [0.5, 0.6) is 0 Å². The zero-order chi connectivity index (χ0) is 15.9. The third-order valence-electron chi connectivity index (χ3n) is 3.34. The summed E-state index contributed by atoms with van der Waals surface area (Å²) < 4.78 is 4.85. The molecule has 22 heavy (non-hydrogen) atoms. The summed E-state index contributed by atoms with van der Waals surface area (Å²) in [5.74, 6) is -2.09. The van der Waals surface area contributed by atoms with Gasteiger partial charge in [0.2, 0.25) is 0 Å². The van der Waals surface area contributed by atoms with E-state index < -0.39 is 18.0 Å². The molecule has 0 aromatic heterocycles. The molecule has 0 bridgehead atoms. The Kier molecular flexibility index (Phi) is 5.44. The Morgan fingerprint density at radius 3 is 2.09 bits per heavy atom. The molecule has 0 aliphatic heterocycles. The summed E-state index contributed by atoms with van der Waals surface area (Å²) in [5, 5.41) is 10.3. The fourth-order valence-corrected chi connectivity index (χ4v) is 2.28. The molecule has 0 saturated carbocycles. The average Bonchev–Trinajstić information content (AvgIpc) is 2.57. The van der Waals surface area contributed by atoms with E-state index in [0.29, 0.717) is 11.1 Å². The molecule has 1 N–H and O–H groups in total. The summed E-state index contributed by atoms with van der Waals surface area (Å²) in [4.78, 5) is 24.6. The van der Waals surface area contributed by atoms with Gasteiger partial charge >= 0.3 is 5.97 Å². The van der Waals surface area contributed by atoms with Gasteiger partial charge in [0.05, 0.1) is 12.5 Å². The van der Waals surface area contributed by atoms with Crippen molar-refractivity contribution in [1.82, 2.24) is 0 Å². The summed E-state index contributed by atoms with van der Waals surface area (Å²) in [6.45, 7) is 1.80. The standard InChI is InChI=1S/C18H18O4/c1-2-22-18(21)17(20)15(13-9-5-3-6-10-13)16(19)14-11-7-4-8-12-14/h3-12,15,17,20H,2H2,1H3. The van der Waals surface area contributed by atoms with Crippen molar-refractivity contribution in [1.29, 1.82) is 0 Å². The van der Waals surface area contributed by atoms with E-state index in [1.807, 2.05) is 6.07 Å². The van der Waals surface area contributed by atoms with Crippen LogP contribution in [0.3, 0.4) is 0 Å². The lowest BCUT2D eigenvalue weighted by molar-refractivity contribution is -0.153. The Morgan fingerprint density at radius 2 is 1.55 bits per heavy atom. The fraction of sp³-hybridized carbons (Fsp3) is 0.222. The molecule has 0 amide bonds. The minimum absolute atomic E-state index is 0.150. The van der Waals surface area contributed by atoms with E-state index in [4.69, 9.17) is 4.74 Å². The molecule has 0 radical (unpaired) electrons. The van der Waals surface area contributed by atoms with Crippen molar-refractivity contribution in [3.8, 4) is 0 Å². The number of ether oxygens (including phenoxy) is 1. The molecule has 0 saturated heterocycles. The fourth-order valence-electron chi connectivity index (χ4n) is 2.28. The van der Waals surface area contributed by atoms with E-state index in [9.17, 15) is 14.7 Å². The van der Waals surface area contributed by atoms with Crippen LogP contribution < -0.4 is 0 Å². The van der Waals surface area contributed by atoms with E-state index in [-0.39, 0.29) is 12.4 Å². The molecule has 2 unspecified atom stereocenters. The monoisotopic (exact) mass is 298 g/mol. The molecule has 114 valence electrons. The van der Waals surface area contributed by atoms with E-state index in [2.05, 4.69) is 0 Å². The maximum Gasteiger partial charge on any atom is 0.336 e. The summed E-state index contributed by atoms with van der Waals surface area (Å²) in [5.41, 5.74) is 1.02. The van der Waals surface area contributed by atoms with Crippen molar-refractivity contribution >= 4 is 11.8 Å². The summed E-state index contributed by atoms with van der Waals surface area (Å²) >= 11 is 0. The van der Waals surface area contributed by atoms with Crippen LogP contribution in [0.2, 0.25) is 0 Å². The maximum atomic E-state index is 12.7. The first-order chi connectivity index (χ1) is 10.6. The highest BCUT2D eigenvalue weighted by Gasteiger charge is 2.34. The third-order valence-corrected chi connectivity index (χ3v) is 3.34. The molecular formula is C18H18O4. The molecule has 0 aliphatic rings. The Morgan fingerprint density at radius 1 is 1.00 bits per heavy atom. The summed E-state index contributed by atoms with van der Waals surface area (Å²) in [6, 6.07) is 17.4. The zero-order valence-electron chi connectivity index (χ0n) is 12.3. The minimum atomic E-state index is -1.53. The highest BCUT2D eigenvalue weighted by molar-refractivity contribution is 6.03. The van der Waals surface area contributed by atoms with Gasteiger partial charge in [-0.1, -0.05) is 60.7 Å². The number of ketones is 1. The molecule has 4 heteroatoms. The van der Waals surface area contributed by atoms with Crippen molar-refractivity contribution in [2.75, 3.05) is 6.61 Å². The number of rotatable bonds is 6. The highest BCUT2D eigenvalue weighted by Crippen LogP contribution is 2.25. The Labute approximate surface area is 129 Å². The lowest BCUT2D eigenvalue weighted by atomic mass is 9.86. The molecule has 0 fully saturated rings. The van der Waals surface area contributed by atoms with Gasteiger partial charge in [0.25, 0.3) is 0 Å². The number of carbonyl (C=O) groups excluding carboxylic acids is 2. The van der Waals surface area contributed by atoms with Gasteiger partial charge in [-0.05, 0) is 12.5 Å². The van der Waals surface area contributed by atoms with Gasteiger partial charge in [-0.3, -0.25) is 4.79 Å². The zero-order valence-corrected chi connectivity index (χ0v) is 12.3. The minimum Gasteiger partial charge on any atom is -0.464 e. The second-order valence-electron chi connectivity index (χ2n) is 4.82. The Balaban J connectivity index is 2.38.